The van der Waals surface area contributed by atoms with Crippen LogP contribution >= 0.6 is 0 Å². The SMILES string of the molecule is CC/C(=N\c1ccc(C(=O)OCc2ccc(C)cc2)c(C)c1C)N(C)CC. The summed E-state index contributed by atoms with van der Waals surface area (Å²) in [5.74, 6) is 0.739. The highest BCUT2D eigenvalue weighted by Crippen LogP contribution is 2.26. The van der Waals surface area contributed by atoms with Gasteiger partial charge in [-0.15, -0.1) is 0 Å². The van der Waals surface area contributed by atoms with Gasteiger partial charge in [-0.2, -0.15) is 0 Å². The van der Waals surface area contributed by atoms with Crippen molar-refractivity contribution < 1.29 is 9.53 Å². The molecule has 0 fully saturated rings. The molecule has 0 N–H and O–H groups in total. The van der Waals surface area contributed by atoms with Gasteiger partial charge in [0.2, 0.25) is 0 Å². The summed E-state index contributed by atoms with van der Waals surface area (Å²) >= 11 is 0. The van der Waals surface area contributed by atoms with Crippen LogP contribution in [0, 0.1) is 20.8 Å². The molecule has 0 amide bonds. The number of rotatable bonds is 6. The van der Waals surface area contributed by atoms with Gasteiger partial charge in [0.05, 0.1) is 11.3 Å². The van der Waals surface area contributed by atoms with E-state index >= 15 is 0 Å². The zero-order valence-corrected chi connectivity index (χ0v) is 17.3. The lowest BCUT2D eigenvalue weighted by Crippen LogP contribution is -2.25. The van der Waals surface area contributed by atoms with Crippen molar-refractivity contribution >= 4 is 17.5 Å². The summed E-state index contributed by atoms with van der Waals surface area (Å²) < 4.78 is 5.50. The Kier molecular flexibility index (Phi) is 7.17. The van der Waals surface area contributed by atoms with Crippen LogP contribution < -0.4 is 0 Å². The van der Waals surface area contributed by atoms with Gasteiger partial charge in [0.1, 0.15) is 12.4 Å². The molecule has 0 bridgehead atoms. The average molecular weight is 367 g/mol. The minimum atomic E-state index is -0.298. The molecule has 4 heteroatoms. The number of hydrogen-bond donors (Lipinski definition) is 0. The van der Waals surface area contributed by atoms with Gasteiger partial charge in [-0.05, 0) is 56.5 Å². The van der Waals surface area contributed by atoms with Crippen LogP contribution in [0.2, 0.25) is 0 Å². The number of carbonyl (C=O) groups excluding carboxylic acids is 1. The molecule has 0 unspecified atom stereocenters. The fourth-order valence-electron chi connectivity index (χ4n) is 2.82. The maximum atomic E-state index is 12.5. The first-order valence-electron chi connectivity index (χ1n) is 9.48. The van der Waals surface area contributed by atoms with E-state index in [-0.39, 0.29) is 12.6 Å². The Morgan fingerprint density at radius 1 is 1.00 bits per heavy atom. The van der Waals surface area contributed by atoms with Crippen molar-refractivity contribution in [1.82, 2.24) is 4.90 Å². The van der Waals surface area contributed by atoms with Crippen molar-refractivity contribution in [3.8, 4) is 0 Å². The lowest BCUT2D eigenvalue weighted by molar-refractivity contribution is 0.0472. The summed E-state index contributed by atoms with van der Waals surface area (Å²) in [6, 6.07) is 11.7. The standard InChI is InChI=1S/C23H30N2O2/c1-7-22(25(6)8-2)24-21-14-13-20(17(4)18(21)5)23(26)27-15-19-11-9-16(3)10-12-19/h9-14H,7-8,15H2,1-6H3/b24-22+. The third-order valence-corrected chi connectivity index (χ3v) is 4.95. The number of nitrogens with zero attached hydrogens (tertiary/aromatic N) is 2. The van der Waals surface area contributed by atoms with Crippen LogP contribution in [0.4, 0.5) is 5.69 Å². The summed E-state index contributed by atoms with van der Waals surface area (Å²) in [5.41, 5.74) is 5.60. The molecule has 0 aromatic heterocycles. The Hall–Kier alpha value is -2.62. The minimum absolute atomic E-state index is 0.277. The molecule has 0 saturated heterocycles. The van der Waals surface area contributed by atoms with Crippen LogP contribution in [0.1, 0.15) is 52.9 Å². The third-order valence-electron chi connectivity index (χ3n) is 4.95. The largest absolute Gasteiger partial charge is 0.457 e. The first kappa shape index (κ1) is 20.7. The molecule has 2 aromatic rings. The van der Waals surface area contributed by atoms with Crippen molar-refractivity contribution in [1.29, 1.82) is 0 Å². The molecule has 0 aliphatic carbocycles. The van der Waals surface area contributed by atoms with Gasteiger partial charge in [0.25, 0.3) is 0 Å². The Labute approximate surface area is 162 Å². The predicted molar refractivity (Wildman–Crippen MR) is 112 cm³/mol. The van der Waals surface area contributed by atoms with E-state index in [1.807, 2.05) is 64.2 Å². The molecule has 0 aliphatic heterocycles. The first-order chi connectivity index (χ1) is 12.9. The van der Waals surface area contributed by atoms with Crippen LogP contribution in [-0.2, 0) is 11.3 Å². The van der Waals surface area contributed by atoms with Crippen LogP contribution in [0.5, 0.6) is 0 Å². The Morgan fingerprint density at radius 2 is 1.67 bits per heavy atom. The molecule has 0 saturated carbocycles. The summed E-state index contributed by atoms with van der Waals surface area (Å²) in [6.07, 6.45) is 0.864. The van der Waals surface area contributed by atoms with Gasteiger partial charge in [-0.3, -0.25) is 0 Å². The maximum Gasteiger partial charge on any atom is 0.338 e. The normalized spacial score (nSPS) is 11.4. The van der Waals surface area contributed by atoms with Gasteiger partial charge in [-0.1, -0.05) is 36.8 Å². The van der Waals surface area contributed by atoms with Gasteiger partial charge >= 0.3 is 5.97 Å². The second-order valence-corrected chi connectivity index (χ2v) is 6.84. The van der Waals surface area contributed by atoms with E-state index in [0.29, 0.717) is 5.56 Å². The molecule has 144 valence electrons. The Bertz CT molecular complexity index is 823. The maximum absolute atomic E-state index is 12.5. The summed E-state index contributed by atoms with van der Waals surface area (Å²) in [5, 5.41) is 0. The first-order valence-corrected chi connectivity index (χ1v) is 9.48. The highest BCUT2D eigenvalue weighted by molar-refractivity contribution is 5.92. The average Bonchev–Trinajstić information content (AvgIpc) is 2.68. The van der Waals surface area contributed by atoms with Crippen LogP contribution in [0.25, 0.3) is 0 Å². The van der Waals surface area contributed by atoms with Gasteiger partial charge < -0.3 is 9.64 Å². The lowest BCUT2D eigenvalue weighted by atomic mass is 10.0. The molecule has 0 atom stereocenters. The monoisotopic (exact) mass is 366 g/mol. The van der Waals surface area contributed by atoms with Crippen LogP contribution in [0.15, 0.2) is 41.4 Å². The highest BCUT2D eigenvalue weighted by atomic mass is 16.5. The summed E-state index contributed by atoms with van der Waals surface area (Å²) in [7, 11) is 2.04. The number of benzene rings is 2. The number of carbonyl (C=O) groups is 1. The topological polar surface area (TPSA) is 41.9 Å². The van der Waals surface area contributed by atoms with E-state index in [1.165, 1.54) is 5.56 Å². The lowest BCUT2D eigenvalue weighted by Gasteiger charge is -2.19. The van der Waals surface area contributed by atoms with E-state index in [1.54, 1.807) is 0 Å². The van der Waals surface area contributed by atoms with E-state index in [4.69, 9.17) is 9.73 Å². The van der Waals surface area contributed by atoms with Crippen molar-refractivity contribution in [2.45, 2.75) is 47.6 Å². The number of hydrogen-bond acceptors (Lipinski definition) is 3. The number of aliphatic imine (C=N–C) groups is 1. The minimum Gasteiger partial charge on any atom is -0.457 e. The van der Waals surface area contributed by atoms with Crippen molar-refractivity contribution in [3.05, 3.63) is 64.2 Å². The number of amidine groups is 1. The number of aryl methyl sites for hydroxylation is 1. The van der Waals surface area contributed by atoms with Gasteiger partial charge in [0.15, 0.2) is 0 Å². The Balaban J connectivity index is 2.19. The highest BCUT2D eigenvalue weighted by Gasteiger charge is 2.15. The molecule has 0 heterocycles. The van der Waals surface area contributed by atoms with E-state index in [0.717, 1.165) is 41.2 Å². The fraction of sp³-hybridized carbons (Fsp3) is 0.391. The molecular formula is C23H30N2O2. The molecule has 27 heavy (non-hydrogen) atoms. The quantitative estimate of drug-likeness (QED) is 0.392. The molecule has 0 radical (unpaired) electrons. The smallest absolute Gasteiger partial charge is 0.338 e. The second-order valence-electron chi connectivity index (χ2n) is 6.84. The van der Waals surface area contributed by atoms with Crippen molar-refractivity contribution in [2.75, 3.05) is 13.6 Å². The Morgan fingerprint density at radius 3 is 2.26 bits per heavy atom. The molecule has 0 aliphatic rings. The van der Waals surface area contributed by atoms with Crippen molar-refractivity contribution in [2.24, 2.45) is 4.99 Å². The van der Waals surface area contributed by atoms with Crippen molar-refractivity contribution in [3.63, 3.8) is 0 Å². The summed E-state index contributed by atoms with van der Waals surface area (Å²) in [4.78, 5) is 19.5. The molecular weight excluding hydrogens is 336 g/mol. The number of esters is 1. The van der Waals surface area contributed by atoms with E-state index in [2.05, 4.69) is 18.7 Å². The molecule has 2 rings (SSSR count). The predicted octanol–water partition coefficient (Wildman–Crippen LogP) is 5.36. The molecule has 0 spiro atoms. The number of ether oxygens (including phenoxy) is 1. The zero-order valence-electron chi connectivity index (χ0n) is 17.3. The van der Waals surface area contributed by atoms with E-state index < -0.39 is 0 Å². The second kappa shape index (κ2) is 9.36. The fourth-order valence-corrected chi connectivity index (χ4v) is 2.82. The van der Waals surface area contributed by atoms with Crippen LogP contribution in [0.3, 0.4) is 0 Å². The van der Waals surface area contributed by atoms with Gasteiger partial charge in [0, 0.05) is 20.0 Å². The van der Waals surface area contributed by atoms with Crippen LogP contribution in [-0.4, -0.2) is 30.3 Å². The molecule has 4 nitrogen and oxygen atoms in total. The molecule has 2 aromatic carbocycles. The summed E-state index contributed by atoms with van der Waals surface area (Å²) in [6.45, 7) is 11.4. The zero-order chi connectivity index (χ0) is 20.0. The van der Waals surface area contributed by atoms with Gasteiger partial charge in [-0.25, -0.2) is 9.79 Å². The third kappa shape index (κ3) is 5.19. The van der Waals surface area contributed by atoms with E-state index in [9.17, 15) is 4.79 Å².